The number of benzene rings is 1. The number of methoxy groups -OCH3 is 1. The van der Waals surface area contributed by atoms with E-state index in [4.69, 9.17) is 10.5 Å². The zero-order chi connectivity index (χ0) is 13.8. The SMILES string of the molecule is CCN(c1cccc(F)c1)c1ncnc(N)c1OC. The molecule has 2 rings (SSSR count). The lowest BCUT2D eigenvalue weighted by molar-refractivity contribution is 0.414. The summed E-state index contributed by atoms with van der Waals surface area (Å²) >= 11 is 0. The highest BCUT2D eigenvalue weighted by Gasteiger charge is 2.17. The van der Waals surface area contributed by atoms with Crippen LogP contribution in [0.3, 0.4) is 0 Å². The lowest BCUT2D eigenvalue weighted by atomic mass is 10.2. The van der Waals surface area contributed by atoms with Gasteiger partial charge < -0.3 is 15.4 Å². The summed E-state index contributed by atoms with van der Waals surface area (Å²) in [6, 6.07) is 6.26. The maximum absolute atomic E-state index is 13.3. The molecule has 0 radical (unpaired) electrons. The average Bonchev–Trinajstić information content (AvgIpc) is 2.40. The van der Waals surface area contributed by atoms with Gasteiger partial charge in [-0.15, -0.1) is 0 Å². The molecular formula is C13H15FN4O. The van der Waals surface area contributed by atoms with Crippen molar-refractivity contribution < 1.29 is 9.13 Å². The number of hydrogen-bond acceptors (Lipinski definition) is 5. The smallest absolute Gasteiger partial charge is 0.204 e. The van der Waals surface area contributed by atoms with E-state index in [1.807, 2.05) is 6.92 Å². The second-order valence-corrected chi connectivity index (χ2v) is 3.84. The van der Waals surface area contributed by atoms with Crippen molar-refractivity contribution in [2.24, 2.45) is 0 Å². The predicted octanol–water partition coefficient (Wildman–Crippen LogP) is 2.36. The van der Waals surface area contributed by atoms with Crippen molar-refractivity contribution in [3.05, 3.63) is 36.4 Å². The van der Waals surface area contributed by atoms with E-state index in [-0.39, 0.29) is 11.6 Å². The molecule has 0 amide bonds. The summed E-state index contributed by atoms with van der Waals surface area (Å²) < 4.78 is 18.6. The van der Waals surface area contributed by atoms with Gasteiger partial charge in [-0.05, 0) is 25.1 Å². The van der Waals surface area contributed by atoms with Crippen LogP contribution in [-0.4, -0.2) is 23.6 Å². The van der Waals surface area contributed by atoms with E-state index in [1.165, 1.54) is 25.6 Å². The summed E-state index contributed by atoms with van der Waals surface area (Å²) in [5.41, 5.74) is 6.44. The summed E-state index contributed by atoms with van der Waals surface area (Å²) in [6.45, 7) is 2.53. The van der Waals surface area contributed by atoms with Crippen LogP contribution >= 0.6 is 0 Å². The number of hydrogen-bond donors (Lipinski definition) is 1. The number of halogens is 1. The number of anilines is 3. The molecule has 0 atom stereocenters. The molecule has 1 aromatic heterocycles. The molecule has 19 heavy (non-hydrogen) atoms. The Bertz CT molecular complexity index is 576. The quantitative estimate of drug-likeness (QED) is 0.916. The summed E-state index contributed by atoms with van der Waals surface area (Å²) in [7, 11) is 1.50. The Hall–Kier alpha value is -2.37. The Morgan fingerprint density at radius 1 is 1.37 bits per heavy atom. The van der Waals surface area contributed by atoms with Gasteiger partial charge in [0.2, 0.25) is 5.75 Å². The summed E-state index contributed by atoms with van der Waals surface area (Å²) in [5.74, 6) is 0.844. The van der Waals surface area contributed by atoms with Crippen molar-refractivity contribution in [2.75, 3.05) is 24.3 Å². The van der Waals surface area contributed by atoms with Crippen molar-refractivity contribution in [2.45, 2.75) is 6.92 Å². The fraction of sp³-hybridized carbons (Fsp3) is 0.231. The summed E-state index contributed by atoms with van der Waals surface area (Å²) in [5, 5.41) is 0. The Morgan fingerprint density at radius 2 is 2.16 bits per heavy atom. The maximum atomic E-state index is 13.3. The highest BCUT2D eigenvalue weighted by Crippen LogP contribution is 2.34. The van der Waals surface area contributed by atoms with E-state index in [9.17, 15) is 4.39 Å². The average molecular weight is 262 g/mol. The van der Waals surface area contributed by atoms with Gasteiger partial charge in [0.1, 0.15) is 12.1 Å². The van der Waals surface area contributed by atoms with E-state index >= 15 is 0 Å². The van der Waals surface area contributed by atoms with Crippen LogP contribution in [0.1, 0.15) is 6.92 Å². The van der Waals surface area contributed by atoms with E-state index in [0.29, 0.717) is 23.8 Å². The van der Waals surface area contributed by atoms with Gasteiger partial charge in [-0.2, -0.15) is 0 Å². The van der Waals surface area contributed by atoms with Crippen molar-refractivity contribution in [1.29, 1.82) is 0 Å². The van der Waals surface area contributed by atoms with Crippen molar-refractivity contribution in [3.8, 4) is 5.75 Å². The number of aromatic nitrogens is 2. The second-order valence-electron chi connectivity index (χ2n) is 3.84. The number of rotatable bonds is 4. The van der Waals surface area contributed by atoms with Crippen LogP contribution in [-0.2, 0) is 0 Å². The van der Waals surface area contributed by atoms with Crippen LogP contribution in [0.5, 0.6) is 5.75 Å². The summed E-state index contributed by atoms with van der Waals surface area (Å²) in [4.78, 5) is 9.86. The molecule has 0 saturated heterocycles. The third-order valence-electron chi connectivity index (χ3n) is 2.71. The minimum absolute atomic E-state index is 0.252. The maximum Gasteiger partial charge on any atom is 0.204 e. The topological polar surface area (TPSA) is 64.3 Å². The molecule has 1 heterocycles. The van der Waals surface area contributed by atoms with Gasteiger partial charge in [-0.3, -0.25) is 0 Å². The van der Waals surface area contributed by atoms with Gasteiger partial charge in [-0.25, -0.2) is 14.4 Å². The van der Waals surface area contributed by atoms with Crippen molar-refractivity contribution in [1.82, 2.24) is 9.97 Å². The van der Waals surface area contributed by atoms with E-state index < -0.39 is 0 Å². The Morgan fingerprint density at radius 3 is 2.79 bits per heavy atom. The monoisotopic (exact) mass is 262 g/mol. The van der Waals surface area contributed by atoms with Gasteiger partial charge in [0.25, 0.3) is 0 Å². The lowest BCUT2D eigenvalue weighted by Crippen LogP contribution is -2.19. The van der Waals surface area contributed by atoms with Gasteiger partial charge in [0.05, 0.1) is 7.11 Å². The molecule has 0 aliphatic carbocycles. The fourth-order valence-corrected chi connectivity index (χ4v) is 1.86. The van der Waals surface area contributed by atoms with Crippen molar-refractivity contribution in [3.63, 3.8) is 0 Å². The first-order valence-corrected chi connectivity index (χ1v) is 5.85. The fourth-order valence-electron chi connectivity index (χ4n) is 1.86. The molecule has 0 aliphatic rings. The van der Waals surface area contributed by atoms with Crippen LogP contribution in [0.4, 0.5) is 21.7 Å². The first kappa shape index (κ1) is 13.1. The highest BCUT2D eigenvalue weighted by molar-refractivity contribution is 5.70. The largest absolute Gasteiger partial charge is 0.490 e. The van der Waals surface area contributed by atoms with Gasteiger partial charge in [0, 0.05) is 12.2 Å². The van der Waals surface area contributed by atoms with Crippen molar-refractivity contribution >= 4 is 17.3 Å². The molecule has 6 heteroatoms. The molecule has 0 bridgehead atoms. The molecule has 2 N–H and O–H groups in total. The molecule has 100 valence electrons. The molecule has 0 unspecified atom stereocenters. The minimum Gasteiger partial charge on any atom is -0.490 e. The van der Waals surface area contributed by atoms with Crippen LogP contribution in [0, 0.1) is 5.82 Å². The lowest BCUT2D eigenvalue weighted by Gasteiger charge is -2.24. The van der Waals surface area contributed by atoms with E-state index in [0.717, 1.165) is 0 Å². The third kappa shape index (κ3) is 2.57. The van der Waals surface area contributed by atoms with Gasteiger partial charge in [-0.1, -0.05) is 6.07 Å². The third-order valence-corrected chi connectivity index (χ3v) is 2.71. The summed E-state index contributed by atoms with van der Waals surface area (Å²) in [6.07, 6.45) is 1.36. The standard InChI is InChI=1S/C13H15FN4O/c1-3-18(10-6-4-5-9(14)7-10)13-11(19-2)12(15)16-8-17-13/h4-8H,3H2,1-2H3,(H2,15,16,17). The van der Waals surface area contributed by atoms with Crippen LogP contribution in [0.25, 0.3) is 0 Å². The number of nitrogen functional groups attached to an aromatic ring is 1. The second kappa shape index (κ2) is 5.51. The molecule has 2 aromatic rings. The molecule has 0 saturated carbocycles. The van der Waals surface area contributed by atoms with Crippen LogP contribution in [0.15, 0.2) is 30.6 Å². The molecule has 5 nitrogen and oxygen atoms in total. The highest BCUT2D eigenvalue weighted by atomic mass is 19.1. The number of ether oxygens (including phenoxy) is 1. The van der Waals surface area contributed by atoms with Gasteiger partial charge in [0.15, 0.2) is 11.6 Å². The molecule has 1 aromatic carbocycles. The number of nitrogens with two attached hydrogens (primary N) is 1. The molecule has 0 aliphatic heterocycles. The Kier molecular flexibility index (Phi) is 3.79. The molecular weight excluding hydrogens is 247 g/mol. The predicted molar refractivity (Wildman–Crippen MR) is 72.1 cm³/mol. The van der Waals surface area contributed by atoms with E-state index in [2.05, 4.69) is 9.97 Å². The first-order valence-electron chi connectivity index (χ1n) is 5.85. The zero-order valence-corrected chi connectivity index (χ0v) is 10.8. The minimum atomic E-state index is -0.308. The Balaban J connectivity index is 2.51. The number of nitrogens with zero attached hydrogens (tertiary/aromatic N) is 3. The molecule has 0 fully saturated rings. The normalized spacial score (nSPS) is 10.3. The molecule has 0 spiro atoms. The first-order chi connectivity index (χ1) is 9.17. The zero-order valence-electron chi connectivity index (χ0n) is 10.8. The van der Waals surface area contributed by atoms with Crippen LogP contribution < -0.4 is 15.4 Å². The van der Waals surface area contributed by atoms with Gasteiger partial charge >= 0.3 is 0 Å². The van der Waals surface area contributed by atoms with Crippen LogP contribution in [0.2, 0.25) is 0 Å². The Labute approximate surface area is 110 Å². The van der Waals surface area contributed by atoms with E-state index in [1.54, 1.807) is 17.0 Å².